The van der Waals surface area contributed by atoms with Crippen molar-refractivity contribution in [2.75, 3.05) is 9.80 Å². The van der Waals surface area contributed by atoms with Gasteiger partial charge in [0.05, 0.1) is 34.1 Å². The molecule has 0 aliphatic carbocycles. The van der Waals surface area contributed by atoms with Crippen LogP contribution in [-0.4, -0.2) is 0 Å². The molecule has 0 atom stereocenters. The summed E-state index contributed by atoms with van der Waals surface area (Å²) < 4.78 is 47.0. The van der Waals surface area contributed by atoms with E-state index in [1.165, 1.54) is 0 Å². The van der Waals surface area contributed by atoms with Gasteiger partial charge in [-0.25, -0.2) is 0 Å². The Kier molecular flexibility index (Phi) is 10.2. The first-order chi connectivity index (χ1) is 46.0. The number of furan rings is 7. The molecule has 21 aromatic rings. The fourth-order valence-electron chi connectivity index (χ4n) is 14.7. The van der Waals surface area contributed by atoms with E-state index in [-0.39, 0.29) is 0 Å². The van der Waals surface area contributed by atoms with Crippen molar-refractivity contribution in [3.8, 4) is 22.6 Å². The topological polar surface area (TPSA) is 98.5 Å². The zero-order valence-electron chi connectivity index (χ0n) is 49.3. The summed E-state index contributed by atoms with van der Waals surface area (Å²) in [5.74, 6) is 1.65. The molecule has 0 spiro atoms. The van der Waals surface area contributed by atoms with Crippen LogP contribution in [0.3, 0.4) is 0 Å². The van der Waals surface area contributed by atoms with Gasteiger partial charge >= 0.3 is 0 Å². The molecule has 0 saturated carbocycles. The van der Waals surface area contributed by atoms with Crippen LogP contribution in [0.15, 0.2) is 310 Å². The maximum Gasteiger partial charge on any atom is 0.159 e. The Balaban J connectivity index is 0.684. The number of fused-ring (bicyclic) bond motifs is 19. The number of anilines is 6. The third-order valence-corrected chi connectivity index (χ3v) is 19.0. The predicted octanol–water partition coefficient (Wildman–Crippen LogP) is 25.3. The molecule has 14 aromatic carbocycles. The van der Waals surface area contributed by atoms with Crippen LogP contribution in [0.1, 0.15) is 0 Å². The number of nitrogens with zero attached hydrogens (tertiary/aromatic N) is 2. The van der Waals surface area contributed by atoms with E-state index in [1.807, 2.05) is 60.7 Å². The first kappa shape index (κ1) is 50.2. The van der Waals surface area contributed by atoms with Crippen LogP contribution < -0.4 is 9.80 Å². The number of para-hydroxylation sites is 6. The van der Waals surface area contributed by atoms with Crippen molar-refractivity contribution in [1.82, 2.24) is 0 Å². The average molecular weight is 1200 g/mol. The second kappa shape index (κ2) is 18.9. The Morgan fingerprint density at radius 1 is 0.183 bits per heavy atom. The fourth-order valence-corrected chi connectivity index (χ4v) is 14.7. The van der Waals surface area contributed by atoms with Gasteiger partial charge in [-0.3, -0.25) is 0 Å². The van der Waals surface area contributed by atoms with Crippen LogP contribution in [0.2, 0.25) is 0 Å². The average Bonchev–Trinajstić information content (AvgIpc) is 1.78. The molecule has 9 nitrogen and oxygen atoms in total. The lowest BCUT2D eigenvalue weighted by Crippen LogP contribution is -2.10. The van der Waals surface area contributed by atoms with Gasteiger partial charge in [-0.2, -0.15) is 0 Å². The minimum atomic E-state index is 0.741. The van der Waals surface area contributed by atoms with E-state index in [2.05, 4.69) is 228 Å². The van der Waals surface area contributed by atoms with Gasteiger partial charge in [-0.15, -0.1) is 0 Å². The quantitative estimate of drug-likeness (QED) is 0.147. The van der Waals surface area contributed by atoms with Crippen LogP contribution in [0.5, 0.6) is 0 Å². The summed E-state index contributed by atoms with van der Waals surface area (Å²) in [5.41, 5.74) is 17.1. The number of benzene rings is 14. The van der Waals surface area contributed by atoms with Gasteiger partial charge < -0.3 is 40.7 Å². The Morgan fingerprint density at radius 3 is 0.978 bits per heavy atom. The predicted molar refractivity (Wildman–Crippen MR) is 378 cm³/mol. The van der Waals surface area contributed by atoms with E-state index in [4.69, 9.17) is 30.9 Å². The maximum absolute atomic E-state index is 6.96. The van der Waals surface area contributed by atoms with Crippen LogP contribution in [0.4, 0.5) is 34.1 Å². The molecule has 0 aliphatic rings. The third-order valence-electron chi connectivity index (χ3n) is 19.0. The first-order valence-electron chi connectivity index (χ1n) is 31.2. The van der Waals surface area contributed by atoms with E-state index in [0.29, 0.717) is 0 Å². The molecule has 0 N–H and O–H groups in total. The van der Waals surface area contributed by atoms with Crippen molar-refractivity contribution < 1.29 is 30.9 Å². The smallest absolute Gasteiger partial charge is 0.159 e. The number of hydrogen-bond donors (Lipinski definition) is 0. The van der Waals surface area contributed by atoms with Crippen molar-refractivity contribution in [3.63, 3.8) is 0 Å². The number of rotatable bonds is 8. The molecule has 0 fully saturated rings. The summed E-state index contributed by atoms with van der Waals surface area (Å²) in [7, 11) is 0. The summed E-state index contributed by atoms with van der Waals surface area (Å²) in [5, 5.41) is 16.3. The summed E-state index contributed by atoms with van der Waals surface area (Å²) in [6.07, 6.45) is 0. The zero-order valence-corrected chi connectivity index (χ0v) is 49.3. The highest BCUT2D eigenvalue weighted by molar-refractivity contribution is 6.20. The van der Waals surface area contributed by atoms with Crippen molar-refractivity contribution in [3.05, 3.63) is 279 Å². The molecule has 7 heterocycles. The monoisotopic (exact) mass is 1190 g/mol. The van der Waals surface area contributed by atoms with E-state index in [1.54, 1.807) is 0 Å². The molecule has 9 heteroatoms. The van der Waals surface area contributed by atoms with E-state index >= 15 is 0 Å². The fraction of sp³-hybridized carbons (Fsp3) is 0. The van der Waals surface area contributed by atoms with Crippen LogP contribution in [0.25, 0.3) is 176 Å². The molecule has 434 valence electrons. The third kappa shape index (κ3) is 7.50. The van der Waals surface area contributed by atoms with Gasteiger partial charge in [-0.05, 0) is 132 Å². The molecular formula is C84H46N2O7. The van der Waals surface area contributed by atoms with Crippen molar-refractivity contribution in [2.45, 2.75) is 0 Å². The zero-order chi connectivity index (χ0) is 60.6. The van der Waals surface area contributed by atoms with E-state index in [9.17, 15) is 0 Å². The highest BCUT2D eigenvalue weighted by Gasteiger charge is 2.26. The Labute approximate surface area is 526 Å². The van der Waals surface area contributed by atoms with E-state index < -0.39 is 0 Å². The highest BCUT2D eigenvalue weighted by atomic mass is 16.4. The van der Waals surface area contributed by atoms with Crippen LogP contribution in [0, 0.1) is 0 Å². The van der Waals surface area contributed by atoms with Crippen molar-refractivity contribution >= 4 is 187 Å². The minimum Gasteiger partial charge on any atom is -0.456 e. The molecule has 0 unspecified atom stereocenters. The summed E-state index contributed by atoms with van der Waals surface area (Å²) in [4.78, 5) is 4.59. The van der Waals surface area contributed by atoms with E-state index in [0.717, 1.165) is 210 Å². The lowest BCUT2D eigenvalue weighted by Gasteiger charge is -2.27. The lowest BCUT2D eigenvalue weighted by molar-refractivity contribution is 0.631. The lowest BCUT2D eigenvalue weighted by atomic mass is 10.0. The summed E-state index contributed by atoms with van der Waals surface area (Å²) in [6.45, 7) is 0. The van der Waals surface area contributed by atoms with Gasteiger partial charge in [0.2, 0.25) is 0 Å². The molecule has 93 heavy (non-hydrogen) atoms. The van der Waals surface area contributed by atoms with Gasteiger partial charge in [-0.1, -0.05) is 146 Å². The van der Waals surface area contributed by atoms with Gasteiger partial charge in [0.1, 0.15) is 67.4 Å². The highest BCUT2D eigenvalue weighted by Crippen LogP contribution is 2.50. The summed E-state index contributed by atoms with van der Waals surface area (Å²) >= 11 is 0. The SMILES string of the molecule is c1ccc2oc(-c3ccc4c(N(c5ccc6c(c5)oc5cc7c(cc56)oc5cc6c(cc57)oc5cc(N(c7cccc8cc(-c9cc%10ccccc%10o9)ccc78)c7cccc8c7oc7ccccc78)ccc56)c5cccc6c5oc5ccccc56)cccc4c3)cc2c1. The standard InChI is InChI=1S/C84H46N2O7/c1-5-25-71-49(13-1)39-75(87-71)51-29-33-55-47(37-51)15-9-21-67(55)85(69-23-11-19-61-57-17-3-7-27-73(57)92-83(61)69)53-31-35-59-63-43-81-65(45-79(63)89-77(59)41-53)66-46-80-64(44-82(66)91-81)60-36-32-54(42-78(60)90-80)86(70-24-12-20-62-58-18-4-8-28-74(58)93-84(62)70)68-22-10-16-48-38-52(30-34-56(48)68)76-40-50-14-2-6-26-72(50)88-76/h1-46H. The molecule has 0 saturated heterocycles. The molecule has 0 bridgehead atoms. The minimum absolute atomic E-state index is 0.741. The molecule has 0 amide bonds. The molecular weight excluding hydrogens is 1150 g/mol. The van der Waals surface area contributed by atoms with Crippen LogP contribution >= 0.6 is 0 Å². The Hall–Kier alpha value is -12.7. The normalized spacial score (nSPS) is 12.3. The first-order valence-corrected chi connectivity index (χ1v) is 31.2. The molecule has 0 radical (unpaired) electrons. The largest absolute Gasteiger partial charge is 0.456 e. The Morgan fingerprint density at radius 2 is 0.527 bits per heavy atom. The van der Waals surface area contributed by atoms with Gasteiger partial charge in [0, 0.05) is 98.7 Å². The second-order valence-corrected chi connectivity index (χ2v) is 24.3. The summed E-state index contributed by atoms with van der Waals surface area (Å²) in [6, 6.07) is 97.1. The molecule has 7 aromatic heterocycles. The maximum atomic E-state index is 6.96. The molecule has 21 rings (SSSR count). The number of hydrogen-bond acceptors (Lipinski definition) is 9. The van der Waals surface area contributed by atoms with Crippen LogP contribution in [-0.2, 0) is 0 Å². The van der Waals surface area contributed by atoms with Gasteiger partial charge in [0.25, 0.3) is 0 Å². The second-order valence-electron chi connectivity index (χ2n) is 24.3. The van der Waals surface area contributed by atoms with Gasteiger partial charge in [0.15, 0.2) is 11.2 Å². The molecule has 0 aliphatic heterocycles. The van der Waals surface area contributed by atoms with Crippen molar-refractivity contribution in [1.29, 1.82) is 0 Å². The Bertz CT molecular complexity index is 6270. The van der Waals surface area contributed by atoms with Crippen molar-refractivity contribution in [2.24, 2.45) is 0 Å².